The first-order valence-corrected chi connectivity index (χ1v) is 11.1. The first kappa shape index (κ1) is 20.2. The Bertz CT molecular complexity index is 1190. The number of sulfonamides is 1. The summed E-state index contributed by atoms with van der Waals surface area (Å²) in [6.45, 7) is 2.84. The topological polar surface area (TPSA) is 134 Å². The van der Waals surface area contributed by atoms with Gasteiger partial charge in [-0.2, -0.15) is 10.1 Å². The molecule has 0 saturated carbocycles. The summed E-state index contributed by atoms with van der Waals surface area (Å²) >= 11 is 0. The third-order valence-corrected chi connectivity index (χ3v) is 5.45. The van der Waals surface area contributed by atoms with Gasteiger partial charge >= 0.3 is 0 Å². The molecule has 30 heavy (non-hydrogen) atoms. The molecule has 1 fully saturated rings. The molecule has 4 rings (SSSR count). The van der Waals surface area contributed by atoms with Crippen LogP contribution in [0.5, 0.6) is 11.5 Å². The molecule has 1 aromatic carbocycles. The van der Waals surface area contributed by atoms with Gasteiger partial charge in [0.2, 0.25) is 16.0 Å². The monoisotopic (exact) mass is 433 g/mol. The van der Waals surface area contributed by atoms with Crippen LogP contribution in [0, 0.1) is 6.92 Å². The van der Waals surface area contributed by atoms with E-state index in [0.717, 1.165) is 17.3 Å². The van der Waals surface area contributed by atoms with Crippen LogP contribution in [0.2, 0.25) is 0 Å². The molecule has 1 aliphatic rings. The first-order valence-electron chi connectivity index (χ1n) is 9.21. The Kier molecular flexibility index (Phi) is 5.12. The van der Waals surface area contributed by atoms with Crippen molar-refractivity contribution in [3.05, 3.63) is 23.9 Å². The molecule has 160 valence electrons. The van der Waals surface area contributed by atoms with Gasteiger partial charge in [0, 0.05) is 30.6 Å². The maximum absolute atomic E-state index is 11.4. The molecule has 0 atom stereocenters. The molecule has 3 N–H and O–H groups in total. The number of anilines is 3. The van der Waals surface area contributed by atoms with Crippen LogP contribution >= 0.6 is 0 Å². The van der Waals surface area contributed by atoms with E-state index in [2.05, 4.69) is 30.2 Å². The number of H-pyrrole nitrogens is 1. The van der Waals surface area contributed by atoms with Crippen LogP contribution in [0.3, 0.4) is 0 Å². The van der Waals surface area contributed by atoms with Crippen LogP contribution in [0.25, 0.3) is 10.9 Å². The Morgan fingerprint density at radius 3 is 2.43 bits per heavy atom. The Morgan fingerprint density at radius 2 is 1.83 bits per heavy atom. The minimum Gasteiger partial charge on any atom is -0.493 e. The van der Waals surface area contributed by atoms with E-state index in [4.69, 9.17) is 9.47 Å². The molecule has 0 aliphatic carbocycles. The molecule has 12 heteroatoms. The van der Waals surface area contributed by atoms with Crippen molar-refractivity contribution in [1.82, 2.24) is 24.9 Å². The van der Waals surface area contributed by atoms with Gasteiger partial charge < -0.3 is 19.7 Å². The Hall–Kier alpha value is -3.12. The highest BCUT2D eigenvalue weighted by atomic mass is 32.2. The van der Waals surface area contributed by atoms with Crippen molar-refractivity contribution < 1.29 is 17.9 Å². The second kappa shape index (κ2) is 7.61. The summed E-state index contributed by atoms with van der Waals surface area (Å²) < 4.78 is 36.3. The predicted molar refractivity (Wildman–Crippen MR) is 113 cm³/mol. The highest BCUT2D eigenvalue weighted by molar-refractivity contribution is 7.88. The Balaban J connectivity index is 1.72. The third-order valence-electron chi connectivity index (χ3n) is 4.69. The molecule has 0 bridgehead atoms. The normalized spacial score (nSPS) is 14.6. The van der Waals surface area contributed by atoms with E-state index in [1.165, 1.54) is 0 Å². The lowest BCUT2D eigenvalue weighted by molar-refractivity contribution is 0.356. The zero-order valence-electron chi connectivity index (χ0n) is 17.1. The van der Waals surface area contributed by atoms with Gasteiger partial charge in [-0.15, -0.1) is 0 Å². The zero-order valence-corrected chi connectivity index (χ0v) is 17.9. The SMILES string of the molecule is COc1cc2nc(N3CC(NS(C)(=O)=O)C3)nc(Nc3cc(C)n[nH]3)c2cc1OC. The zero-order chi connectivity index (χ0) is 21.5. The molecule has 3 aromatic rings. The number of aromatic amines is 1. The number of rotatable bonds is 7. The summed E-state index contributed by atoms with van der Waals surface area (Å²) in [6, 6.07) is 5.29. The number of benzene rings is 1. The van der Waals surface area contributed by atoms with Crippen molar-refractivity contribution in [1.29, 1.82) is 0 Å². The third kappa shape index (κ3) is 4.09. The minimum atomic E-state index is -3.26. The number of aryl methyl sites for hydroxylation is 1. The number of hydrogen-bond acceptors (Lipinski definition) is 9. The molecule has 0 radical (unpaired) electrons. The van der Waals surface area contributed by atoms with Crippen molar-refractivity contribution in [2.24, 2.45) is 0 Å². The molecule has 3 heterocycles. The summed E-state index contributed by atoms with van der Waals surface area (Å²) in [4.78, 5) is 11.2. The van der Waals surface area contributed by atoms with E-state index in [1.807, 2.05) is 24.0 Å². The van der Waals surface area contributed by atoms with Crippen molar-refractivity contribution in [3.8, 4) is 11.5 Å². The summed E-state index contributed by atoms with van der Waals surface area (Å²) in [5, 5.41) is 11.0. The number of hydrogen-bond donors (Lipinski definition) is 3. The average Bonchev–Trinajstić information content (AvgIpc) is 3.07. The molecule has 2 aromatic heterocycles. The number of fused-ring (bicyclic) bond motifs is 1. The van der Waals surface area contributed by atoms with Crippen LogP contribution in [-0.4, -0.2) is 68.2 Å². The lowest BCUT2D eigenvalue weighted by atomic mass is 10.1. The molecular formula is C18H23N7O4S. The smallest absolute Gasteiger partial charge is 0.228 e. The second-order valence-corrected chi connectivity index (χ2v) is 8.92. The Morgan fingerprint density at radius 1 is 1.13 bits per heavy atom. The van der Waals surface area contributed by atoms with Gasteiger partial charge in [0.15, 0.2) is 11.5 Å². The van der Waals surface area contributed by atoms with E-state index in [-0.39, 0.29) is 6.04 Å². The van der Waals surface area contributed by atoms with Crippen LogP contribution in [0.1, 0.15) is 5.69 Å². The molecule has 0 amide bonds. The molecule has 1 aliphatic heterocycles. The van der Waals surface area contributed by atoms with Crippen molar-refractivity contribution in [2.75, 3.05) is 43.8 Å². The number of ether oxygens (including phenoxy) is 2. The predicted octanol–water partition coefficient (Wildman–Crippen LogP) is 1.16. The lowest BCUT2D eigenvalue weighted by Gasteiger charge is -2.39. The molecular weight excluding hydrogens is 410 g/mol. The summed E-state index contributed by atoms with van der Waals surface area (Å²) in [5.41, 5.74) is 1.50. The van der Waals surface area contributed by atoms with Crippen molar-refractivity contribution >= 4 is 38.5 Å². The summed E-state index contributed by atoms with van der Waals surface area (Å²) in [6.07, 6.45) is 1.15. The standard InChI is InChI=1S/C18H23N7O4S/c1-10-5-16(23-22-10)20-17-12-6-14(28-2)15(29-3)7-13(12)19-18(21-17)25-8-11(9-25)24-30(4,26)27/h5-7,11,24H,8-9H2,1-4H3,(H2,19,20,21,22,23). The van der Waals surface area contributed by atoms with E-state index in [9.17, 15) is 8.42 Å². The molecule has 11 nitrogen and oxygen atoms in total. The summed E-state index contributed by atoms with van der Waals surface area (Å²) in [7, 11) is -0.126. The van der Waals surface area contributed by atoms with Gasteiger partial charge in [-0.3, -0.25) is 5.10 Å². The lowest BCUT2D eigenvalue weighted by Crippen LogP contribution is -2.59. The Labute approximate surface area is 173 Å². The first-order chi connectivity index (χ1) is 14.3. The largest absolute Gasteiger partial charge is 0.493 e. The van der Waals surface area contributed by atoms with E-state index in [1.54, 1.807) is 20.3 Å². The number of methoxy groups -OCH3 is 2. The average molecular weight is 433 g/mol. The van der Waals surface area contributed by atoms with Gasteiger partial charge in [0.1, 0.15) is 11.6 Å². The number of nitrogens with one attached hydrogen (secondary N) is 3. The quantitative estimate of drug-likeness (QED) is 0.502. The summed E-state index contributed by atoms with van der Waals surface area (Å²) in [5.74, 6) is 2.86. The van der Waals surface area contributed by atoms with Gasteiger partial charge in [-0.05, 0) is 13.0 Å². The number of nitrogens with zero attached hydrogens (tertiary/aromatic N) is 4. The van der Waals surface area contributed by atoms with E-state index in [0.29, 0.717) is 47.7 Å². The van der Waals surface area contributed by atoms with Crippen molar-refractivity contribution in [3.63, 3.8) is 0 Å². The van der Waals surface area contributed by atoms with E-state index < -0.39 is 10.0 Å². The van der Waals surface area contributed by atoms with Crippen LogP contribution in [0.4, 0.5) is 17.6 Å². The van der Waals surface area contributed by atoms with Gasteiger partial charge in [-0.1, -0.05) is 0 Å². The fourth-order valence-corrected chi connectivity index (χ4v) is 4.07. The number of aromatic nitrogens is 4. The molecule has 1 saturated heterocycles. The van der Waals surface area contributed by atoms with Crippen molar-refractivity contribution in [2.45, 2.75) is 13.0 Å². The fraction of sp³-hybridized carbons (Fsp3) is 0.389. The maximum atomic E-state index is 11.4. The van der Waals surface area contributed by atoms with Gasteiger partial charge in [-0.25, -0.2) is 18.1 Å². The van der Waals surface area contributed by atoms with Gasteiger partial charge in [0.25, 0.3) is 0 Å². The van der Waals surface area contributed by atoms with Crippen LogP contribution in [0.15, 0.2) is 18.2 Å². The highest BCUT2D eigenvalue weighted by Crippen LogP contribution is 2.36. The molecule has 0 spiro atoms. The van der Waals surface area contributed by atoms with Gasteiger partial charge in [0.05, 0.1) is 37.7 Å². The maximum Gasteiger partial charge on any atom is 0.228 e. The van der Waals surface area contributed by atoms with E-state index >= 15 is 0 Å². The second-order valence-electron chi connectivity index (χ2n) is 7.14. The molecule has 0 unspecified atom stereocenters. The fourth-order valence-electron chi connectivity index (χ4n) is 3.31. The van der Waals surface area contributed by atoms with Crippen LogP contribution in [-0.2, 0) is 10.0 Å². The minimum absolute atomic E-state index is 0.170. The van der Waals surface area contributed by atoms with Crippen LogP contribution < -0.4 is 24.4 Å². The highest BCUT2D eigenvalue weighted by Gasteiger charge is 2.31.